The summed E-state index contributed by atoms with van der Waals surface area (Å²) in [7, 11) is 0. The Labute approximate surface area is 70.2 Å². The van der Waals surface area contributed by atoms with Gasteiger partial charge in [0.05, 0.1) is 0 Å². The Bertz CT molecular complexity index is 260. The van der Waals surface area contributed by atoms with Gasteiger partial charge in [-0.25, -0.2) is 0 Å². The summed E-state index contributed by atoms with van der Waals surface area (Å²) in [6.07, 6.45) is 3.58. The fraction of sp³-hybridized carbons (Fsp3) is 0.500. The summed E-state index contributed by atoms with van der Waals surface area (Å²) in [4.78, 5) is 24.1. The van der Waals surface area contributed by atoms with Gasteiger partial charge in [0.1, 0.15) is 6.04 Å². The van der Waals surface area contributed by atoms with Crippen molar-refractivity contribution >= 4 is 11.7 Å². The maximum absolute atomic E-state index is 11.2. The molecule has 0 aromatic rings. The Morgan fingerprint density at radius 3 is 3.17 bits per heavy atom. The predicted molar refractivity (Wildman–Crippen MR) is 42.3 cm³/mol. The Hall–Kier alpha value is -1.32. The summed E-state index contributed by atoms with van der Waals surface area (Å²) in [5.74, 6) is 0.00671. The zero-order valence-corrected chi connectivity index (χ0v) is 6.62. The molecule has 4 nitrogen and oxygen atoms in total. The number of nitrogens with one attached hydrogen (secondary N) is 1. The summed E-state index contributed by atoms with van der Waals surface area (Å²) in [5, 5.41) is 2.74. The van der Waals surface area contributed by atoms with Crippen LogP contribution in [0.1, 0.15) is 6.42 Å². The second-order valence-electron chi connectivity index (χ2n) is 3.03. The average molecular weight is 166 g/mol. The molecule has 0 saturated carbocycles. The van der Waals surface area contributed by atoms with Crippen LogP contribution >= 0.6 is 0 Å². The third-order valence-corrected chi connectivity index (χ3v) is 2.22. The SMILES string of the molecule is O=C1C=CN2CCNC(=O)C2C1. The number of hydrogen-bond donors (Lipinski definition) is 1. The summed E-state index contributed by atoms with van der Waals surface area (Å²) in [6, 6.07) is -0.253. The topological polar surface area (TPSA) is 49.4 Å². The lowest BCUT2D eigenvalue weighted by atomic mass is 10.0. The zero-order valence-electron chi connectivity index (χ0n) is 6.62. The summed E-state index contributed by atoms with van der Waals surface area (Å²) in [6.45, 7) is 1.48. The van der Waals surface area contributed by atoms with Gasteiger partial charge in [-0.3, -0.25) is 9.59 Å². The maximum atomic E-state index is 11.2. The third-order valence-electron chi connectivity index (χ3n) is 2.22. The van der Waals surface area contributed by atoms with E-state index in [0.29, 0.717) is 13.0 Å². The minimum absolute atomic E-state index is 0.0287. The van der Waals surface area contributed by atoms with Crippen LogP contribution in [0.3, 0.4) is 0 Å². The molecule has 0 bridgehead atoms. The van der Waals surface area contributed by atoms with Crippen molar-refractivity contribution in [1.29, 1.82) is 0 Å². The normalized spacial score (nSPS) is 28.3. The van der Waals surface area contributed by atoms with Gasteiger partial charge in [0.25, 0.3) is 0 Å². The molecule has 2 heterocycles. The summed E-state index contributed by atoms with van der Waals surface area (Å²) < 4.78 is 0. The molecule has 2 aliphatic heterocycles. The largest absolute Gasteiger partial charge is 0.363 e. The van der Waals surface area contributed by atoms with Gasteiger partial charge in [-0.05, 0) is 6.08 Å². The summed E-state index contributed by atoms with van der Waals surface area (Å²) in [5.41, 5.74) is 0. The van der Waals surface area contributed by atoms with Crippen LogP contribution in [0.2, 0.25) is 0 Å². The van der Waals surface area contributed by atoms with E-state index in [2.05, 4.69) is 5.32 Å². The first-order valence-electron chi connectivity index (χ1n) is 4.02. The molecule has 0 aliphatic carbocycles. The predicted octanol–water partition coefficient (Wildman–Crippen LogP) is -0.727. The van der Waals surface area contributed by atoms with E-state index >= 15 is 0 Å². The van der Waals surface area contributed by atoms with Gasteiger partial charge >= 0.3 is 0 Å². The van der Waals surface area contributed by atoms with Crippen molar-refractivity contribution in [3.05, 3.63) is 12.3 Å². The second kappa shape index (κ2) is 2.62. The highest BCUT2D eigenvalue weighted by Gasteiger charge is 2.31. The zero-order chi connectivity index (χ0) is 8.55. The lowest BCUT2D eigenvalue weighted by molar-refractivity contribution is -0.131. The molecule has 0 aromatic carbocycles. The molecule has 0 spiro atoms. The van der Waals surface area contributed by atoms with Gasteiger partial charge in [-0.2, -0.15) is 0 Å². The van der Waals surface area contributed by atoms with E-state index < -0.39 is 0 Å². The van der Waals surface area contributed by atoms with Gasteiger partial charge in [0, 0.05) is 25.7 Å². The van der Waals surface area contributed by atoms with Crippen LogP contribution < -0.4 is 5.32 Å². The van der Waals surface area contributed by atoms with Gasteiger partial charge in [-0.1, -0.05) is 0 Å². The first-order chi connectivity index (χ1) is 5.77. The lowest BCUT2D eigenvalue weighted by Crippen LogP contribution is -2.54. The first kappa shape index (κ1) is 7.34. The third kappa shape index (κ3) is 1.09. The molecular formula is C8H10N2O2. The highest BCUT2D eigenvalue weighted by molar-refractivity contribution is 5.96. The number of hydrogen-bond acceptors (Lipinski definition) is 3. The minimum atomic E-state index is -0.253. The van der Waals surface area contributed by atoms with Crippen molar-refractivity contribution in [2.24, 2.45) is 0 Å². The highest BCUT2D eigenvalue weighted by atomic mass is 16.2. The molecule has 2 rings (SSSR count). The van der Waals surface area contributed by atoms with E-state index in [1.807, 2.05) is 4.90 Å². The van der Waals surface area contributed by atoms with Crippen molar-refractivity contribution in [3.63, 3.8) is 0 Å². The van der Waals surface area contributed by atoms with Gasteiger partial charge in [-0.15, -0.1) is 0 Å². The van der Waals surface area contributed by atoms with Gasteiger partial charge in [0.15, 0.2) is 5.78 Å². The van der Waals surface area contributed by atoms with Crippen LogP contribution in [0.25, 0.3) is 0 Å². The van der Waals surface area contributed by atoms with E-state index in [1.54, 1.807) is 6.20 Å². The quantitative estimate of drug-likeness (QED) is 0.516. The number of rotatable bonds is 0. The number of allylic oxidation sites excluding steroid dienone is 1. The van der Waals surface area contributed by atoms with Crippen LogP contribution in [0.5, 0.6) is 0 Å². The summed E-state index contributed by atoms with van der Waals surface area (Å²) >= 11 is 0. The maximum Gasteiger partial charge on any atom is 0.243 e. The van der Waals surface area contributed by atoms with E-state index in [4.69, 9.17) is 0 Å². The first-order valence-corrected chi connectivity index (χ1v) is 4.02. The molecule has 4 heteroatoms. The van der Waals surface area contributed by atoms with Gasteiger partial charge < -0.3 is 10.2 Å². The lowest BCUT2D eigenvalue weighted by Gasteiger charge is -2.35. The molecule has 1 N–H and O–H groups in total. The van der Waals surface area contributed by atoms with Crippen molar-refractivity contribution in [1.82, 2.24) is 10.2 Å². The fourth-order valence-corrected chi connectivity index (χ4v) is 1.56. The van der Waals surface area contributed by atoms with Crippen LogP contribution in [-0.4, -0.2) is 35.7 Å². The number of carbonyl (C=O) groups is 2. The number of piperazine rings is 1. The monoisotopic (exact) mass is 166 g/mol. The van der Waals surface area contributed by atoms with Crippen molar-refractivity contribution in [2.75, 3.05) is 13.1 Å². The molecule has 0 radical (unpaired) electrons. The molecule has 2 aliphatic rings. The Kier molecular flexibility index (Phi) is 1.60. The van der Waals surface area contributed by atoms with Crippen molar-refractivity contribution in [3.8, 4) is 0 Å². The van der Waals surface area contributed by atoms with Crippen molar-refractivity contribution in [2.45, 2.75) is 12.5 Å². The second-order valence-corrected chi connectivity index (χ2v) is 3.03. The standard InChI is InChI=1S/C8H10N2O2/c11-6-1-3-10-4-2-9-8(12)7(10)5-6/h1,3,7H,2,4-5H2,(H,9,12). The number of amides is 1. The average Bonchev–Trinajstić information content (AvgIpc) is 2.07. The molecule has 12 heavy (non-hydrogen) atoms. The molecule has 64 valence electrons. The number of nitrogens with zero attached hydrogens (tertiary/aromatic N) is 1. The molecule has 0 aromatic heterocycles. The van der Waals surface area contributed by atoms with E-state index in [1.165, 1.54) is 6.08 Å². The molecule has 1 unspecified atom stereocenters. The van der Waals surface area contributed by atoms with Crippen LogP contribution in [0, 0.1) is 0 Å². The Morgan fingerprint density at radius 1 is 1.50 bits per heavy atom. The van der Waals surface area contributed by atoms with Crippen LogP contribution in [0.15, 0.2) is 12.3 Å². The fourth-order valence-electron chi connectivity index (χ4n) is 1.56. The number of fused-ring (bicyclic) bond motifs is 1. The molecule has 1 fully saturated rings. The van der Waals surface area contributed by atoms with E-state index in [9.17, 15) is 9.59 Å². The Balaban J connectivity index is 2.21. The Morgan fingerprint density at radius 2 is 2.33 bits per heavy atom. The van der Waals surface area contributed by atoms with Gasteiger partial charge in [0.2, 0.25) is 5.91 Å². The molecule has 1 atom stereocenters. The van der Waals surface area contributed by atoms with Crippen LogP contribution in [0.4, 0.5) is 0 Å². The minimum Gasteiger partial charge on any atom is -0.363 e. The highest BCUT2D eigenvalue weighted by Crippen LogP contribution is 2.14. The molecule has 1 saturated heterocycles. The molecule has 1 amide bonds. The molecular weight excluding hydrogens is 156 g/mol. The number of carbonyl (C=O) groups excluding carboxylic acids is 2. The van der Waals surface area contributed by atoms with Crippen LogP contribution in [-0.2, 0) is 9.59 Å². The smallest absolute Gasteiger partial charge is 0.243 e. The van der Waals surface area contributed by atoms with E-state index in [-0.39, 0.29) is 17.7 Å². The van der Waals surface area contributed by atoms with E-state index in [0.717, 1.165) is 6.54 Å². The van der Waals surface area contributed by atoms with Crippen molar-refractivity contribution < 1.29 is 9.59 Å². The number of ketones is 1.